The van der Waals surface area contributed by atoms with Crippen LogP contribution in [0, 0.1) is 17.8 Å². The van der Waals surface area contributed by atoms with Crippen LogP contribution in [0.5, 0.6) is 0 Å². The lowest BCUT2D eigenvalue weighted by Crippen LogP contribution is -2.41. The summed E-state index contributed by atoms with van der Waals surface area (Å²) in [7, 11) is 0. The van der Waals surface area contributed by atoms with Crippen molar-refractivity contribution in [2.75, 3.05) is 32.7 Å². The minimum absolute atomic E-state index is 0.207. The summed E-state index contributed by atoms with van der Waals surface area (Å²) in [6, 6.07) is 0. The second kappa shape index (κ2) is 7.99. The van der Waals surface area contributed by atoms with Gasteiger partial charge in [0, 0.05) is 19.0 Å². The van der Waals surface area contributed by atoms with Crippen LogP contribution >= 0.6 is 0 Å². The molecule has 2 aliphatic rings. The molecule has 4 nitrogen and oxygen atoms in total. The molecule has 0 bridgehead atoms. The lowest BCUT2D eigenvalue weighted by Gasteiger charge is -2.31. The van der Waals surface area contributed by atoms with Crippen LogP contribution in [-0.4, -0.2) is 43.5 Å². The molecular weight excluding hydrogens is 250 g/mol. The molecule has 1 saturated heterocycles. The summed E-state index contributed by atoms with van der Waals surface area (Å²) in [6.07, 6.45) is 6.99. The first-order valence-electron chi connectivity index (χ1n) is 8.39. The van der Waals surface area contributed by atoms with E-state index in [0.717, 1.165) is 44.8 Å². The van der Waals surface area contributed by atoms with Gasteiger partial charge in [0.2, 0.25) is 5.91 Å². The maximum Gasteiger partial charge on any atom is 0.223 e. The molecule has 3 N–H and O–H groups in total. The molecule has 1 heterocycles. The van der Waals surface area contributed by atoms with Crippen LogP contribution in [0.1, 0.15) is 45.4 Å². The van der Waals surface area contributed by atoms with Crippen LogP contribution in [0.25, 0.3) is 0 Å². The van der Waals surface area contributed by atoms with E-state index in [9.17, 15) is 4.79 Å². The highest BCUT2D eigenvalue weighted by atomic mass is 16.1. The van der Waals surface area contributed by atoms with E-state index in [2.05, 4.69) is 17.1 Å². The molecule has 1 amide bonds. The molecule has 2 unspecified atom stereocenters. The van der Waals surface area contributed by atoms with Gasteiger partial charge in [-0.3, -0.25) is 4.79 Å². The zero-order chi connectivity index (χ0) is 14.4. The van der Waals surface area contributed by atoms with E-state index < -0.39 is 0 Å². The fraction of sp³-hybridized carbons (Fsp3) is 0.938. The zero-order valence-corrected chi connectivity index (χ0v) is 12.9. The number of carbonyl (C=O) groups is 1. The quantitative estimate of drug-likeness (QED) is 0.805. The number of nitrogens with zero attached hydrogens (tertiary/aromatic N) is 1. The number of likely N-dealkylation sites (tertiary alicyclic amines) is 1. The Labute approximate surface area is 123 Å². The fourth-order valence-corrected chi connectivity index (χ4v) is 3.51. The summed E-state index contributed by atoms with van der Waals surface area (Å²) in [4.78, 5) is 14.7. The SMILES string of the molecule is CC1CCN(CCNC(=O)C2CCCC(CN)C2)CC1. The number of hydrogen-bond donors (Lipinski definition) is 2. The Bertz CT molecular complexity index is 300. The number of piperidine rings is 1. The summed E-state index contributed by atoms with van der Waals surface area (Å²) in [5, 5.41) is 3.13. The van der Waals surface area contributed by atoms with Crippen LogP contribution in [0.2, 0.25) is 0 Å². The van der Waals surface area contributed by atoms with Gasteiger partial charge < -0.3 is 16.0 Å². The molecule has 1 aliphatic heterocycles. The molecule has 2 atom stereocenters. The van der Waals surface area contributed by atoms with Gasteiger partial charge in [0.05, 0.1) is 0 Å². The predicted octanol–water partition coefficient (Wildman–Crippen LogP) is 1.60. The molecule has 1 aliphatic carbocycles. The monoisotopic (exact) mass is 281 g/mol. The maximum absolute atomic E-state index is 12.2. The molecule has 2 rings (SSSR count). The number of hydrogen-bond acceptors (Lipinski definition) is 3. The molecule has 0 aromatic carbocycles. The number of rotatable bonds is 5. The average molecular weight is 281 g/mol. The van der Waals surface area contributed by atoms with Gasteiger partial charge >= 0.3 is 0 Å². The van der Waals surface area contributed by atoms with E-state index >= 15 is 0 Å². The van der Waals surface area contributed by atoms with Crippen LogP contribution in [-0.2, 0) is 4.79 Å². The molecule has 20 heavy (non-hydrogen) atoms. The van der Waals surface area contributed by atoms with Gasteiger partial charge in [-0.15, -0.1) is 0 Å². The standard InChI is InChI=1S/C16H31N3O/c1-13-5-8-19(9-6-13)10-7-18-16(20)15-4-2-3-14(11-15)12-17/h13-15H,2-12,17H2,1H3,(H,18,20). The van der Waals surface area contributed by atoms with Gasteiger partial charge in [-0.05, 0) is 63.6 Å². The summed E-state index contributed by atoms with van der Waals surface area (Å²) in [5.74, 6) is 1.89. The lowest BCUT2D eigenvalue weighted by atomic mass is 9.81. The van der Waals surface area contributed by atoms with Crippen molar-refractivity contribution in [3.63, 3.8) is 0 Å². The molecule has 0 radical (unpaired) electrons. The second-order valence-electron chi connectivity index (χ2n) is 6.78. The van der Waals surface area contributed by atoms with E-state index in [0.29, 0.717) is 5.92 Å². The third kappa shape index (κ3) is 4.74. The first-order chi connectivity index (χ1) is 9.69. The number of nitrogens with two attached hydrogens (primary N) is 1. The van der Waals surface area contributed by atoms with Crippen LogP contribution in [0.3, 0.4) is 0 Å². The topological polar surface area (TPSA) is 58.4 Å². The average Bonchev–Trinajstić information content (AvgIpc) is 2.49. The third-order valence-corrected chi connectivity index (χ3v) is 5.09. The fourth-order valence-electron chi connectivity index (χ4n) is 3.51. The van der Waals surface area contributed by atoms with Gasteiger partial charge in [-0.2, -0.15) is 0 Å². The van der Waals surface area contributed by atoms with Crippen molar-refractivity contribution in [2.45, 2.75) is 45.4 Å². The van der Waals surface area contributed by atoms with Crippen LogP contribution in [0.4, 0.5) is 0 Å². The predicted molar refractivity (Wildman–Crippen MR) is 82.4 cm³/mol. The smallest absolute Gasteiger partial charge is 0.223 e. The van der Waals surface area contributed by atoms with Crippen molar-refractivity contribution < 1.29 is 4.79 Å². The molecular formula is C16H31N3O. The largest absolute Gasteiger partial charge is 0.355 e. The molecule has 4 heteroatoms. The van der Waals surface area contributed by atoms with E-state index in [4.69, 9.17) is 5.73 Å². The Hall–Kier alpha value is -0.610. The Morgan fingerprint density at radius 3 is 2.70 bits per heavy atom. The van der Waals surface area contributed by atoms with Crippen LogP contribution < -0.4 is 11.1 Å². The van der Waals surface area contributed by atoms with E-state index in [1.165, 1.54) is 32.4 Å². The minimum atomic E-state index is 0.207. The van der Waals surface area contributed by atoms with E-state index in [1.807, 2.05) is 0 Å². The Morgan fingerprint density at radius 2 is 2.00 bits per heavy atom. The van der Waals surface area contributed by atoms with E-state index in [1.54, 1.807) is 0 Å². The highest BCUT2D eigenvalue weighted by Gasteiger charge is 2.26. The molecule has 2 fully saturated rings. The Balaban J connectivity index is 1.62. The first-order valence-corrected chi connectivity index (χ1v) is 8.39. The highest BCUT2D eigenvalue weighted by Crippen LogP contribution is 2.28. The van der Waals surface area contributed by atoms with Crippen molar-refractivity contribution in [2.24, 2.45) is 23.5 Å². The van der Waals surface area contributed by atoms with Crippen molar-refractivity contribution in [1.29, 1.82) is 0 Å². The Morgan fingerprint density at radius 1 is 1.25 bits per heavy atom. The normalized spacial score (nSPS) is 29.3. The summed E-state index contributed by atoms with van der Waals surface area (Å²) >= 11 is 0. The third-order valence-electron chi connectivity index (χ3n) is 5.09. The van der Waals surface area contributed by atoms with Gasteiger partial charge in [0.15, 0.2) is 0 Å². The zero-order valence-electron chi connectivity index (χ0n) is 12.9. The maximum atomic E-state index is 12.2. The molecule has 0 spiro atoms. The summed E-state index contributed by atoms with van der Waals surface area (Å²) < 4.78 is 0. The van der Waals surface area contributed by atoms with Gasteiger partial charge in [-0.25, -0.2) is 0 Å². The molecule has 1 saturated carbocycles. The van der Waals surface area contributed by atoms with Gasteiger partial charge in [0.1, 0.15) is 0 Å². The van der Waals surface area contributed by atoms with E-state index in [-0.39, 0.29) is 11.8 Å². The highest BCUT2D eigenvalue weighted by molar-refractivity contribution is 5.78. The number of amides is 1. The molecule has 0 aromatic rings. The first kappa shape index (κ1) is 15.8. The summed E-state index contributed by atoms with van der Waals surface area (Å²) in [5.41, 5.74) is 5.74. The lowest BCUT2D eigenvalue weighted by molar-refractivity contribution is -0.126. The second-order valence-corrected chi connectivity index (χ2v) is 6.78. The molecule has 116 valence electrons. The minimum Gasteiger partial charge on any atom is -0.355 e. The van der Waals surface area contributed by atoms with Crippen LogP contribution in [0.15, 0.2) is 0 Å². The van der Waals surface area contributed by atoms with Crippen molar-refractivity contribution in [3.05, 3.63) is 0 Å². The molecule has 0 aromatic heterocycles. The number of nitrogens with one attached hydrogen (secondary N) is 1. The summed E-state index contributed by atoms with van der Waals surface area (Å²) in [6.45, 7) is 7.25. The van der Waals surface area contributed by atoms with Crippen molar-refractivity contribution >= 4 is 5.91 Å². The van der Waals surface area contributed by atoms with Crippen molar-refractivity contribution in [1.82, 2.24) is 10.2 Å². The number of carbonyl (C=O) groups excluding carboxylic acids is 1. The Kier molecular flexibility index (Phi) is 6.30. The van der Waals surface area contributed by atoms with Gasteiger partial charge in [-0.1, -0.05) is 13.3 Å². The van der Waals surface area contributed by atoms with Crippen molar-refractivity contribution in [3.8, 4) is 0 Å². The van der Waals surface area contributed by atoms with Gasteiger partial charge in [0.25, 0.3) is 0 Å².